The van der Waals surface area contributed by atoms with E-state index in [-0.39, 0.29) is 4.90 Å². The highest BCUT2D eigenvalue weighted by molar-refractivity contribution is 7.86. The Morgan fingerprint density at radius 2 is 1.62 bits per heavy atom. The van der Waals surface area contributed by atoms with E-state index < -0.39 is 16.2 Å². The summed E-state index contributed by atoms with van der Waals surface area (Å²) in [7, 11) is -2.11. The average Bonchev–Trinajstić information content (AvgIpc) is 2.48. The van der Waals surface area contributed by atoms with Gasteiger partial charge in [0.2, 0.25) is 0 Å². The van der Waals surface area contributed by atoms with Crippen LogP contribution in [0.1, 0.15) is 12.5 Å². The standard InChI is InChI=1S/C16H18O4S/c1-13(12-14-8-10-15(19-2)11-9-14)20-21(17,18)16-6-4-3-5-7-16/h3-11,13H,12H2,1-2H3. The normalized spacial score (nSPS) is 12.9. The topological polar surface area (TPSA) is 52.6 Å². The maximum absolute atomic E-state index is 12.1. The van der Waals surface area contributed by atoms with Crippen molar-refractivity contribution in [3.8, 4) is 5.75 Å². The highest BCUT2D eigenvalue weighted by Crippen LogP contribution is 2.17. The highest BCUT2D eigenvalue weighted by atomic mass is 32.2. The van der Waals surface area contributed by atoms with E-state index in [4.69, 9.17) is 8.92 Å². The Labute approximate surface area is 125 Å². The van der Waals surface area contributed by atoms with Crippen molar-refractivity contribution in [2.24, 2.45) is 0 Å². The number of ether oxygens (including phenoxy) is 1. The third-order valence-corrected chi connectivity index (χ3v) is 4.44. The van der Waals surface area contributed by atoms with Crippen LogP contribution in [0.3, 0.4) is 0 Å². The summed E-state index contributed by atoms with van der Waals surface area (Å²) < 4.78 is 34.5. The van der Waals surface area contributed by atoms with E-state index in [1.165, 1.54) is 12.1 Å². The molecule has 0 aromatic heterocycles. The second kappa shape index (κ2) is 6.74. The van der Waals surface area contributed by atoms with Crippen molar-refractivity contribution in [2.45, 2.75) is 24.3 Å². The third kappa shape index (κ3) is 4.31. The summed E-state index contributed by atoms with van der Waals surface area (Å²) in [5, 5.41) is 0. The molecule has 0 heterocycles. The molecule has 112 valence electrons. The van der Waals surface area contributed by atoms with Crippen LogP contribution >= 0.6 is 0 Å². The molecule has 0 aliphatic carbocycles. The Hall–Kier alpha value is -1.85. The lowest BCUT2D eigenvalue weighted by atomic mass is 10.1. The predicted molar refractivity (Wildman–Crippen MR) is 80.9 cm³/mol. The van der Waals surface area contributed by atoms with Gasteiger partial charge in [0.15, 0.2) is 0 Å². The molecule has 0 saturated carbocycles. The van der Waals surface area contributed by atoms with Crippen LogP contribution in [0.15, 0.2) is 59.5 Å². The van der Waals surface area contributed by atoms with Gasteiger partial charge < -0.3 is 4.74 Å². The van der Waals surface area contributed by atoms with Crippen LogP contribution in [-0.4, -0.2) is 21.6 Å². The predicted octanol–water partition coefficient (Wildman–Crippen LogP) is 3.03. The summed E-state index contributed by atoms with van der Waals surface area (Å²) in [5.74, 6) is 0.768. The van der Waals surface area contributed by atoms with Crippen molar-refractivity contribution >= 4 is 10.1 Å². The van der Waals surface area contributed by atoms with Gasteiger partial charge in [-0.2, -0.15) is 8.42 Å². The van der Waals surface area contributed by atoms with Crippen molar-refractivity contribution in [2.75, 3.05) is 7.11 Å². The molecular formula is C16H18O4S. The van der Waals surface area contributed by atoms with Crippen LogP contribution in [0.5, 0.6) is 5.75 Å². The molecule has 0 aliphatic heterocycles. The average molecular weight is 306 g/mol. The van der Waals surface area contributed by atoms with Crippen LogP contribution in [-0.2, 0) is 20.7 Å². The van der Waals surface area contributed by atoms with E-state index in [2.05, 4.69) is 0 Å². The van der Waals surface area contributed by atoms with Gasteiger partial charge in [0.25, 0.3) is 10.1 Å². The molecule has 2 aromatic carbocycles. The summed E-state index contributed by atoms with van der Waals surface area (Å²) in [4.78, 5) is 0.173. The van der Waals surface area contributed by atoms with Gasteiger partial charge in [-0.15, -0.1) is 0 Å². The molecule has 0 spiro atoms. The van der Waals surface area contributed by atoms with Crippen LogP contribution in [0.25, 0.3) is 0 Å². The number of rotatable bonds is 6. The maximum Gasteiger partial charge on any atom is 0.297 e. The lowest BCUT2D eigenvalue weighted by molar-refractivity contribution is 0.229. The molecule has 1 atom stereocenters. The minimum absolute atomic E-state index is 0.173. The number of methoxy groups -OCH3 is 1. The quantitative estimate of drug-likeness (QED) is 0.770. The second-order valence-electron chi connectivity index (χ2n) is 4.73. The van der Waals surface area contributed by atoms with E-state index >= 15 is 0 Å². The fourth-order valence-electron chi connectivity index (χ4n) is 1.99. The minimum Gasteiger partial charge on any atom is -0.497 e. The molecule has 0 N–H and O–H groups in total. The fraction of sp³-hybridized carbons (Fsp3) is 0.250. The Balaban J connectivity index is 2.02. The first-order valence-corrected chi connectivity index (χ1v) is 8.03. The molecule has 2 aromatic rings. The van der Waals surface area contributed by atoms with Crippen LogP contribution < -0.4 is 4.74 Å². The molecule has 0 aliphatic rings. The largest absolute Gasteiger partial charge is 0.497 e. The van der Waals surface area contributed by atoms with Gasteiger partial charge in [-0.1, -0.05) is 30.3 Å². The molecule has 0 amide bonds. The molecule has 2 rings (SSSR count). The first kappa shape index (κ1) is 15.5. The van der Waals surface area contributed by atoms with Crippen LogP contribution in [0.2, 0.25) is 0 Å². The molecule has 1 unspecified atom stereocenters. The van der Waals surface area contributed by atoms with Gasteiger partial charge in [-0.3, -0.25) is 4.18 Å². The zero-order valence-corrected chi connectivity index (χ0v) is 12.8. The van der Waals surface area contributed by atoms with Crippen molar-refractivity contribution in [1.29, 1.82) is 0 Å². The lowest BCUT2D eigenvalue weighted by Gasteiger charge is -2.13. The maximum atomic E-state index is 12.1. The van der Waals surface area contributed by atoms with Gasteiger partial charge in [-0.05, 0) is 43.2 Å². The number of benzene rings is 2. The van der Waals surface area contributed by atoms with E-state index in [0.717, 1.165) is 11.3 Å². The molecule has 5 heteroatoms. The van der Waals surface area contributed by atoms with E-state index in [0.29, 0.717) is 6.42 Å². The number of hydrogen-bond donors (Lipinski definition) is 0. The molecule has 0 fully saturated rings. The van der Waals surface area contributed by atoms with Crippen molar-refractivity contribution in [3.05, 3.63) is 60.2 Å². The van der Waals surface area contributed by atoms with Crippen molar-refractivity contribution < 1.29 is 17.3 Å². The first-order chi connectivity index (χ1) is 10.0. The molecule has 0 bridgehead atoms. The molecule has 4 nitrogen and oxygen atoms in total. The summed E-state index contributed by atoms with van der Waals surface area (Å²) in [6.07, 6.45) is 0.0689. The van der Waals surface area contributed by atoms with Gasteiger partial charge in [0.1, 0.15) is 5.75 Å². The molecule has 0 saturated heterocycles. The lowest BCUT2D eigenvalue weighted by Crippen LogP contribution is -2.17. The first-order valence-electron chi connectivity index (χ1n) is 6.62. The van der Waals surface area contributed by atoms with Gasteiger partial charge >= 0.3 is 0 Å². The monoisotopic (exact) mass is 306 g/mol. The third-order valence-electron chi connectivity index (χ3n) is 3.01. The summed E-state index contributed by atoms with van der Waals surface area (Å²) in [6.45, 7) is 1.74. The SMILES string of the molecule is COc1ccc(CC(C)OS(=O)(=O)c2ccccc2)cc1. The van der Waals surface area contributed by atoms with E-state index in [1.807, 2.05) is 24.3 Å². The van der Waals surface area contributed by atoms with Gasteiger partial charge in [0.05, 0.1) is 18.1 Å². The Kier molecular flexibility index (Phi) is 4.98. The summed E-state index contributed by atoms with van der Waals surface area (Å²) in [5.41, 5.74) is 0.992. The fourth-order valence-corrected chi connectivity index (χ4v) is 3.09. The number of hydrogen-bond acceptors (Lipinski definition) is 4. The Morgan fingerprint density at radius 3 is 2.19 bits per heavy atom. The smallest absolute Gasteiger partial charge is 0.297 e. The molecule has 0 radical (unpaired) electrons. The van der Waals surface area contributed by atoms with Gasteiger partial charge in [0, 0.05) is 0 Å². The molecular weight excluding hydrogens is 288 g/mol. The van der Waals surface area contributed by atoms with Crippen molar-refractivity contribution in [3.63, 3.8) is 0 Å². The second-order valence-corrected chi connectivity index (χ2v) is 6.30. The minimum atomic E-state index is -3.72. The highest BCUT2D eigenvalue weighted by Gasteiger charge is 2.18. The zero-order chi connectivity index (χ0) is 15.3. The zero-order valence-electron chi connectivity index (χ0n) is 12.0. The summed E-state index contributed by atoms with van der Waals surface area (Å²) >= 11 is 0. The Bertz CT molecular complexity index is 663. The van der Waals surface area contributed by atoms with Crippen LogP contribution in [0.4, 0.5) is 0 Å². The van der Waals surface area contributed by atoms with E-state index in [9.17, 15) is 8.42 Å². The Morgan fingerprint density at radius 1 is 1.00 bits per heavy atom. The van der Waals surface area contributed by atoms with Crippen LogP contribution in [0, 0.1) is 0 Å². The van der Waals surface area contributed by atoms with Crippen molar-refractivity contribution in [1.82, 2.24) is 0 Å². The summed E-state index contributed by atoms with van der Waals surface area (Å²) in [6, 6.07) is 15.6. The van der Waals surface area contributed by atoms with E-state index in [1.54, 1.807) is 32.2 Å². The van der Waals surface area contributed by atoms with Gasteiger partial charge in [-0.25, -0.2) is 0 Å². The molecule has 21 heavy (non-hydrogen) atoms.